The Balaban J connectivity index is 1.49. The molecule has 0 bridgehead atoms. The summed E-state index contributed by atoms with van der Waals surface area (Å²) in [7, 11) is 0. The second-order valence-electron chi connectivity index (χ2n) is 7.42. The zero-order chi connectivity index (χ0) is 17.4. The number of aromatic nitrogens is 1. The highest BCUT2D eigenvalue weighted by atomic mass is 16.3. The Kier molecular flexibility index (Phi) is 4.42. The lowest BCUT2D eigenvalue weighted by Gasteiger charge is -2.32. The summed E-state index contributed by atoms with van der Waals surface area (Å²) < 4.78 is 7.61. The largest absolute Gasteiger partial charge is 0.467 e. The van der Waals surface area contributed by atoms with Gasteiger partial charge in [-0.15, -0.1) is 0 Å². The van der Waals surface area contributed by atoms with Gasteiger partial charge in [0.15, 0.2) is 0 Å². The summed E-state index contributed by atoms with van der Waals surface area (Å²) in [6.07, 6.45) is 6.55. The molecule has 0 aromatic carbocycles. The maximum atomic E-state index is 12.9. The van der Waals surface area contributed by atoms with Gasteiger partial charge in [0, 0.05) is 30.0 Å². The normalized spacial score (nSPS) is 23.6. The number of nitrogens with one attached hydrogen (secondary N) is 1. The lowest BCUT2D eigenvalue weighted by atomic mass is 9.99. The van der Waals surface area contributed by atoms with Crippen LogP contribution in [0.2, 0.25) is 0 Å². The maximum absolute atomic E-state index is 12.9. The van der Waals surface area contributed by atoms with Gasteiger partial charge in [-0.1, -0.05) is 6.42 Å². The number of nitrogens with zero attached hydrogens (tertiary/aromatic N) is 2. The number of aryl methyl sites for hydroxylation is 1. The number of rotatable bonds is 4. The van der Waals surface area contributed by atoms with Crippen molar-refractivity contribution >= 4 is 5.91 Å². The quantitative estimate of drug-likeness (QED) is 0.930. The first-order chi connectivity index (χ1) is 12.1. The van der Waals surface area contributed by atoms with E-state index in [1.807, 2.05) is 32.0 Å². The predicted molar refractivity (Wildman–Crippen MR) is 96.8 cm³/mol. The van der Waals surface area contributed by atoms with Crippen molar-refractivity contribution in [2.45, 2.75) is 58.2 Å². The molecular formula is C20H27N3O2. The van der Waals surface area contributed by atoms with Crippen molar-refractivity contribution in [3.8, 4) is 0 Å². The van der Waals surface area contributed by atoms with Crippen molar-refractivity contribution in [2.75, 3.05) is 13.1 Å². The molecule has 2 aromatic rings. The van der Waals surface area contributed by atoms with Crippen molar-refractivity contribution in [2.24, 2.45) is 0 Å². The SMILES string of the molecule is Cc1cc(C(=O)N[C@H]2CCN3CCCC[C@@H]23)c(C)n1Cc1ccco1. The van der Waals surface area contributed by atoms with Crippen LogP contribution in [0.5, 0.6) is 0 Å². The van der Waals surface area contributed by atoms with E-state index < -0.39 is 0 Å². The van der Waals surface area contributed by atoms with Gasteiger partial charge in [-0.25, -0.2) is 0 Å². The number of carbonyl (C=O) groups is 1. The van der Waals surface area contributed by atoms with Gasteiger partial charge in [0.25, 0.3) is 5.91 Å². The van der Waals surface area contributed by atoms with Crippen LogP contribution in [0.15, 0.2) is 28.9 Å². The van der Waals surface area contributed by atoms with E-state index in [-0.39, 0.29) is 5.91 Å². The molecule has 2 atom stereocenters. The number of amides is 1. The highest BCUT2D eigenvalue weighted by molar-refractivity contribution is 5.96. The fourth-order valence-corrected chi connectivity index (χ4v) is 4.49. The van der Waals surface area contributed by atoms with E-state index in [4.69, 9.17) is 4.42 Å². The first-order valence-electron chi connectivity index (χ1n) is 9.37. The van der Waals surface area contributed by atoms with Gasteiger partial charge in [-0.2, -0.15) is 0 Å². The van der Waals surface area contributed by atoms with Crippen molar-refractivity contribution < 1.29 is 9.21 Å². The van der Waals surface area contributed by atoms with E-state index in [1.165, 1.54) is 25.8 Å². The Hall–Kier alpha value is -2.01. The van der Waals surface area contributed by atoms with E-state index in [9.17, 15) is 4.79 Å². The van der Waals surface area contributed by atoms with Crippen LogP contribution in [0.1, 0.15) is 53.2 Å². The first kappa shape index (κ1) is 16.5. The topological polar surface area (TPSA) is 50.4 Å². The zero-order valence-corrected chi connectivity index (χ0v) is 15.1. The fourth-order valence-electron chi connectivity index (χ4n) is 4.49. The van der Waals surface area contributed by atoms with Crippen LogP contribution in [0, 0.1) is 13.8 Å². The summed E-state index contributed by atoms with van der Waals surface area (Å²) in [5, 5.41) is 3.32. The number of piperidine rings is 1. The predicted octanol–water partition coefficient (Wildman–Crippen LogP) is 3.10. The molecule has 2 saturated heterocycles. The van der Waals surface area contributed by atoms with Crippen LogP contribution in [0.3, 0.4) is 0 Å². The Morgan fingerprint density at radius 1 is 1.28 bits per heavy atom. The standard InChI is InChI=1S/C20H27N3O2/c1-14-12-17(15(2)23(14)13-16-6-5-11-25-16)20(24)21-18-8-10-22-9-4-3-7-19(18)22/h5-6,11-12,18-19H,3-4,7-10,13H2,1-2H3,(H,21,24)/t18-,19-/m0/s1. The van der Waals surface area contributed by atoms with Crippen LogP contribution < -0.4 is 5.32 Å². The molecule has 2 aliphatic rings. The molecule has 134 valence electrons. The maximum Gasteiger partial charge on any atom is 0.253 e. The number of hydrogen-bond acceptors (Lipinski definition) is 3. The minimum absolute atomic E-state index is 0.0659. The van der Waals surface area contributed by atoms with E-state index >= 15 is 0 Å². The molecule has 2 fully saturated rings. The molecule has 0 unspecified atom stereocenters. The molecule has 2 aliphatic heterocycles. The average molecular weight is 341 g/mol. The second kappa shape index (κ2) is 6.71. The van der Waals surface area contributed by atoms with Crippen molar-refractivity contribution in [3.63, 3.8) is 0 Å². The third-order valence-electron chi connectivity index (χ3n) is 5.88. The van der Waals surface area contributed by atoms with Gasteiger partial charge in [-0.05, 0) is 57.9 Å². The molecule has 4 heterocycles. The molecular weight excluding hydrogens is 314 g/mol. The summed E-state index contributed by atoms with van der Waals surface area (Å²) in [6, 6.07) is 6.69. The van der Waals surface area contributed by atoms with Crippen molar-refractivity contribution in [3.05, 3.63) is 47.2 Å². The summed E-state index contributed by atoms with van der Waals surface area (Å²) in [6.45, 7) is 7.04. The van der Waals surface area contributed by atoms with Gasteiger partial charge < -0.3 is 14.3 Å². The lowest BCUT2D eigenvalue weighted by molar-refractivity contribution is 0.0914. The van der Waals surface area contributed by atoms with Gasteiger partial charge in [0.2, 0.25) is 0 Å². The Bertz CT molecular complexity index is 747. The Morgan fingerprint density at radius 2 is 2.16 bits per heavy atom. The van der Waals surface area contributed by atoms with E-state index in [2.05, 4.69) is 14.8 Å². The minimum atomic E-state index is 0.0659. The fraction of sp³-hybridized carbons (Fsp3) is 0.550. The van der Waals surface area contributed by atoms with Gasteiger partial charge in [0.05, 0.1) is 18.4 Å². The molecule has 0 saturated carbocycles. The summed E-state index contributed by atoms with van der Waals surface area (Å²) in [4.78, 5) is 15.4. The lowest BCUT2D eigenvalue weighted by Crippen LogP contribution is -2.46. The monoisotopic (exact) mass is 341 g/mol. The summed E-state index contributed by atoms with van der Waals surface area (Å²) in [5.41, 5.74) is 2.88. The second-order valence-corrected chi connectivity index (χ2v) is 7.42. The Morgan fingerprint density at radius 3 is 2.96 bits per heavy atom. The van der Waals surface area contributed by atoms with Crippen LogP contribution in [0.4, 0.5) is 0 Å². The zero-order valence-electron chi connectivity index (χ0n) is 15.1. The van der Waals surface area contributed by atoms with E-state index in [1.54, 1.807) is 6.26 Å². The van der Waals surface area contributed by atoms with Crippen LogP contribution in [-0.2, 0) is 6.54 Å². The van der Waals surface area contributed by atoms with Gasteiger partial charge in [0.1, 0.15) is 5.76 Å². The van der Waals surface area contributed by atoms with Crippen LogP contribution in [0.25, 0.3) is 0 Å². The number of carbonyl (C=O) groups excluding carboxylic acids is 1. The van der Waals surface area contributed by atoms with Gasteiger partial charge in [-0.3, -0.25) is 9.69 Å². The van der Waals surface area contributed by atoms with E-state index in [0.717, 1.165) is 35.7 Å². The van der Waals surface area contributed by atoms with E-state index in [0.29, 0.717) is 18.6 Å². The third-order valence-corrected chi connectivity index (χ3v) is 5.88. The highest BCUT2D eigenvalue weighted by Crippen LogP contribution is 2.27. The van der Waals surface area contributed by atoms with Crippen LogP contribution >= 0.6 is 0 Å². The van der Waals surface area contributed by atoms with Gasteiger partial charge >= 0.3 is 0 Å². The molecule has 4 rings (SSSR count). The summed E-state index contributed by atoms with van der Waals surface area (Å²) in [5.74, 6) is 0.971. The first-order valence-corrected chi connectivity index (χ1v) is 9.37. The summed E-state index contributed by atoms with van der Waals surface area (Å²) >= 11 is 0. The average Bonchev–Trinajstić information content (AvgIpc) is 3.32. The molecule has 5 nitrogen and oxygen atoms in total. The molecule has 5 heteroatoms. The molecule has 2 aromatic heterocycles. The minimum Gasteiger partial charge on any atom is -0.467 e. The number of hydrogen-bond donors (Lipinski definition) is 1. The molecule has 25 heavy (non-hydrogen) atoms. The molecule has 1 N–H and O–H groups in total. The number of fused-ring (bicyclic) bond motifs is 1. The third kappa shape index (κ3) is 3.13. The molecule has 0 radical (unpaired) electrons. The molecule has 0 aliphatic carbocycles. The van der Waals surface area contributed by atoms with Crippen molar-refractivity contribution in [1.29, 1.82) is 0 Å². The smallest absolute Gasteiger partial charge is 0.253 e. The highest BCUT2D eigenvalue weighted by Gasteiger charge is 2.36. The van der Waals surface area contributed by atoms with Crippen LogP contribution in [-0.4, -0.2) is 40.5 Å². The Labute approximate surface area is 149 Å². The van der Waals surface area contributed by atoms with Crippen molar-refractivity contribution in [1.82, 2.24) is 14.8 Å². The number of furan rings is 1. The molecule has 0 spiro atoms. The molecule has 1 amide bonds.